The number of ether oxygens (including phenoxy) is 1. The average molecular weight is 295 g/mol. The van der Waals surface area contributed by atoms with Gasteiger partial charge in [-0.15, -0.1) is 0 Å². The van der Waals surface area contributed by atoms with Gasteiger partial charge in [0, 0.05) is 6.07 Å². The maximum absolute atomic E-state index is 12.0. The first kappa shape index (κ1) is 12.9. The number of carbonyl (C=O) groups excluding carboxylic acids is 1. The van der Waals surface area contributed by atoms with Crippen molar-refractivity contribution in [1.82, 2.24) is 0 Å². The van der Waals surface area contributed by atoms with Crippen LogP contribution < -0.4 is 4.74 Å². The highest BCUT2D eigenvalue weighted by Gasteiger charge is 2.15. The molecule has 0 heterocycles. The largest absolute Gasteiger partial charge is 0.508 e. The zero-order valence-electron chi connectivity index (χ0n) is 8.28. The van der Waals surface area contributed by atoms with Crippen molar-refractivity contribution in [2.24, 2.45) is 0 Å². The minimum absolute atomic E-state index is 0.185. The van der Waals surface area contributed by atoms with Crippen LogP contribution >= 0.6 is 15.9 Å². The molecule has 0 saturated carbocycles. The quantitative estimate of drug-likeness (QED) is 0.869. The Balaban J connectivity index is 3.02. The normalized spacial score (nSPS) is 12.6. The molecule has 3 nitrogen and oxygen atoms in total. The van der Waals surface area contributed by atoms with Crippen molar-refractivity contribution in [3.05, 3.63) is 23.8 Å². The number of benzene rings is 1. The van der Waals surface area contributed by atoms with Gasteiger partial charge < -0.3 is 9.84 Å². The Kier molecular flexibility index (Phi) is 4.23. The standard InChI is InChI=1S/C10H9BrF2O3/c1-5(14)9(11)6-2-7(15)4-8(3-6)16-10(12)13/h2-4,9-10,15H,1H3. The molecular formula is C10H9BrF2O3. The molecule has 0 saturated heterocycles. The molecule has 88 valence electrons. The molecular weight excluding hydrogens is 286 g/mol. The number of phenolic OH excluding ortho intramolecular Hbond substituents is 1. The number of alkyl halides is 3. The molecule has 0 fully saturated rings. The van der Waals surface area contributed by atoms with Crippen LogP contribution in [0.25, 0.3) is 0 Å². The van der Waals surface area contributed by atoms with Crippen LogP contribution in [0.15, 0.2) is 18.2 Å². The monoisotopic (exact) mass is 294 g/mol. The van der Waals surface area contributed by atoms with Gasteiger partial charge in [0.1, 0.15) is 17.3 Å². The van der Waals surface area contributed by atoms with Crippen LogP contribution in [-0.4, -0.2) is 17.5 Å². The van der Waals surface area contributed by atoms with Crippen LogP contribution in [0.3, 0.4) is 0 Å². The second kappa shape index (κ2) is 5.25. The highest BCUT2D eigenvalue weighted by molar-refractivity contribution is 9.09. The Labute approximate surface area is 99.2 Å². The van der Waals surface area contributed by atoms with E-state index in [-0.39, 0.29) is 17.3 Å². The summed E-state index contributed by atoms with van der Waals surface area (Å²) in [7, 11) is 0. The van der Waals surface area contributed by atoms with Crippen molar-refractivity contribution in [2.75, 3.05) is 0 Å². The first-order valence-corrected chi connectivity index (χ1v) is 5.25. The summed E-state index contributed by atoms with van der Waals surface area (Å²) < 4.78 is 28.1. The molecule has 1 aromatic rings. The summed E-state index contributed by atoms with van der Waals surface area (Å²) in [5.41, 5.74) is 0.364. The first-order valence-electron chi connectivity index (χ1n) is 4.33. The molecule has 1 rings (SSSR count). The number of carbonyl (C=O) groups is 1. The summed E-state index contributed by atoms with van der Waals surface area (Å²) in [5, 5.41) is 9.28. The maximum Gasteiger partial charge on any atom is 0.387 e. The molecule has 6 heteroatoms. The Hall–Kier alpha value is -1.17. The third-order valence-electron chi connectivity index (χ3n) is 1.79. The molecule has 1 unspecified atom stereocenters. The first-order chi connectivity index (χ1) is 7.40. The fourth-order valence-electron chi connectivity index (χ4n) is 1.16. The van der Waals surface area contributed by atoms with Crippen molar-refractivity contribution < 1.29 is 23.4 Å². The van der Waals surface area contributed by atoms with E-state index in [4.69, 9.17) is 0 Å². The second-order valence-electron chi connectivity index (χ2n) is 3.11. The highest BCUT2D eigenvalue weighted by Crippen LogP contribution is 2.31. The zero-order valence-corrected chi connectivity index (χ0v) is 9.87. The Bertz CT molecular complexity index is 396. The molecule has 0 aliphatic rings. The Morgan fingerprint density at radius 1 is 1.44 bits per heavy atom. The third-order valence-corrected chi connectivity index (χ3v) is 2.96. The van der Waals surface area contributed by atoms with Gasteiger partial charge in [0.25, 0.3) is 0 Å². The van der Waals surface area contributed by atoms with Crippen molar-refractivity contribution in [2.45, 2.75) is 18.4 Å². The van der Waals surface area contributed by atoms with E-state index >= 15 is 0 Å². The molecule has 1 atom stereocenters. The predicted octanol–water partition coefficient (Wildman–Crippen LogP) is 3.02. The van der Waals surface area contributed by atoms with Gasteiger partial charge in [0.2, 0.25) is 0 Å². The van der Waals surface area contributed by atoms with Gasteiger partial charge in [-0.3, -0.25) is 4.79 Å². The van der Waals surface area contributed by atoms with Crippen molar-refractivity contribution in [3.8, 4) is 11.5 Å². The molecule has 1 aromatic carbocycles. The molecule has 0 spiro atoms. The number of rotatable bonds is 4. The van der Waals surface area contributed by atoms with Crippen LogP contribution in [0.2, 0.25) is 0 Å². The summed E-state index contributed by atoms with van der Waals surface area (Å²) in [6.07, 6.45) is 0. The number of Topliss-reactive ketones (excluding diaryl/α,β-unsaturated/α-hetero) is 1. The van der Waals surface area contributed by atoms with Gasteiger partial charge in [-0.05, 0) is 24.6 Å². The lowest BCUT2D eigenvalue weighted by Gasteiger charge is -2.10. The van der Waals surface area contributed by atoms with E-state index in [1.165, 1.54) is 19.1 Å². The lowest BCUT2D eigenvalue weighted by atomic mass is 10.1. The van der Waals surface area contributed by atoms with E-state index < -0.39 is 11.4 Å². The van der Waals surface area contributed by atoms with Crippen LogP contribution in [0.4, 0.5) is 8.78 Å². The molecule has 0 aliphatic carbocycles. The van der Waals surface area contributed by atoms with Crippen molar-refractivity contribution in [3.63, 3.8) is 0 Å². The molecule has 1 N–H and O–H groups in total. The minimum atomic E-state index is -2.97. The van der Waals surface area contributed by atoms with E-state index in [2.05, 4.69) is 20.7 Å². The maximum atomic E-state index is 12.0. The Morgan fingerprint density at radius 2 is 2.06 bits per heavy atom. The lowest BCUT2D eigenvalue weighted by Crippen LogP contribution is -2.04. The number of ketones is 1. The van der Waals surface area contributed by atoms with E-state index in [1.54, 1.807) is 0 Å². The molecule has 0 amide bonds. The zero-order chi connectivity index (χ0) is 12.3. The summed E-state index contributed by atoms with van der Waals surface area (Å²) >= 11 is 3.08. The summed E-state index contributed by atoms with van der Waals surface area (Å²) in [4.78, 5) is 10.4. The molecule has 16 heavy (non-hydrogen) atoms. The van der Waals surface area contributed by atoms with E-state index in [9.17, 15) is 18.7 Å². The van der Waals surface area contributed by atoms with E-state index in [1.807, 2.05) is 0 Å². The summed E-state index contributed by atoms with van der Waals surface area (Å²) in [5.74, 6) is -0.622. The number of halogens is 3. The highest BCUT2D eigenvalue weighted by atomic mass is 79.9. The fraction of sp³-hybridized carbons (Fsp3) is 0.300. The van der Waals surface area contributed by atoms with Gasteiger partial charge in [0.15, 0.2) is 0 Å². The fourth-order valence-corrected chi connectivity index (χ4v) is 1.42. The van der Waals surface area contributed by atoms with Gasteiger partial charge >= 0.3 is 6.61 Å². The lowest BCUT2D eigenvalue weighted by molar-refractivity contribution is -0.116. The number of phenols is 1. The van der Waals surface area contributed by atoms with Gasteiger partial charge in [-0.1, -0.05) is 15.9 Å². The van der Waals surface area contributed by atoms with Gasteiger partial charge in [-0.2, -0.15) is 8.78 Å². The number of hydrogen-bond donors (Lipinski definition) is 1. The minimum Gasteiger partial charge on any atom is -0.508 e. The molecule has 0 radical (unpaired) electrons. The van der Waals surface area contributed by atoms with Crippen molar-refractivity contribution in [1.29, 1.82) is 0 Å². The Morgan fingerprint density at radius 3 is 2.56 bits per heavy atom. The topological polar surface area (TPSA) is 46.5 Å². The van der Waals surface area contributed by atoms with E-state index in [0.29, 0.717) is 5.56 Å². The second-order valence-corrected chi connectivity index (χ2v) is 4.03. The number of hydrogen-bond acceptors (Lipinski definition) is 3. The van der Waals surface area contributed by atoms with Crippen LogP contribution in [0.5, 0.6) is 11.5 Å². The van der Waals surface area contributed by atoms with Crippen molar-refractivity contribution >= 4 is 21.7 Å². The predicted molar refractivity (Wildman–Crippen MR) is 57.1 cm³/mol. The third kappa shape index (κ3) is 3.44. The van der Waals surface area contributed by atoms with Gasteiger partial charge in [-0.25, -0.2) is 0 Å². The molecule has 0 bridgehead atoms. The van der Waals surface area contributed by atoms with Gasteiger partial charge in [0.05, 0.1) is 4.83 Å². The smallest absolute Gasteiger partial charge is 0.387 e. The average Bonchev–Trinajstić information content (AvgIpc) is 2.14. The summed E-state index contributed by atoms with van der Waals surface area (Å²) in [6, 6.07) is 3.63. The number of aromatic hydroxyl groups is 1. The van der Waals surface area contributed by atoms with E-state index in [0.717, 1.165) is 6.07 Å². The SMILES string of the molecule is CC(=O)C(Br)c1cc(O)cc(OC(F)F)c1. The van der Waals surface area contributed by atoms with Crippen LogP contribution in [0.1, 0.15) is 17.3 Å². The molecule has 0 aromatic heterocycles. The summed E-state index contributed by atoms with van der Waals surface area (Å²) in [6.45, 7) is -1.63. The molecule has 0 aliphatic heterocycles. The van der Waals surface area contributed by atoms with Crippen LogP contribution in [0, 0.1) is 0 Å². The van der Waals surface area contributed by atoms with Crippen LogP contribution in [-0.2, 0) is 4.79 Å².